The van der Waals surface area contributed by atoms with Crippen molar-refractivity contribution in [1.29, 1.82) is 0 Å². The number of hydrogen-bond donors (Lipinski definition) is 2. The predicted molar refractivity (Wildman–Crippen MR) is 56.7 cm³/mol. The summed E-state index contributed by atoms with van der Waals surface area (Å²) in [5, 5.41) is 8.71. The smallest absolute Gasteiger partial charge is 0.320 e. The number of carboxylic acids is 1. The number of nitrogens with zero attached hydrogens (tertiary/aromatic N) is 2. The van der Waals surface area contributed by atoms with Crippen LogP contribution in [0.4, 0.5) is 0 Å². The number of carboxylic acid groups (broad SMARTS) is 1. The van der Waals surface area contributed by atoms with E-state index in [2.05, 4.69) is 8.75 Å². The maximum Gasteiger partial charge on any atom is 0.320 e. The van der Waals surface area contributed by atoms with E-state index in [4.69, 9.17) is 10.8 Å². The van der Waals surface area contributed by atoms with Crippen molar-refractivity contribution >= 4 is 28.7 Å². The van der Waals surface area contributed by atoms with Gasteiger partial charge in [0.15, 0.2) is 0 Å². The topological polar surface area (TPSA) is 89.1 Å². The van der Waals surface area contributed by atoms with Gasteiger partial charge in [0.2, 0.25) is 0 Å². The Labute approximate surface area is 89.9 Å². The van der Waals surface area contributed by atoms with Crippen molar-refractivity contribution in [2.75, 3.05) is 0 Å². The lowest BCUT2D eigenvalue weighted by Crippen LogP contribution is -2.32. The third-order valence-corrected chi connectivity index (χ3v) is 2.67. The molecule has 0 saturated carbocycles. The lowest BCUT2D eigenvalue weighted by molar-refractivity contribution is -0.138. The Morgan fingerprint density at radius 3 is 3.07 bits per heavy atom. The van der Waals surface area contributed by atoms with Gasteiger partial charge in [-0.1, -0.05) is 12.1 Å². The molecule has 0 radical (unpaired) electrons. The maximum atomic E-state index is 10.6. The largest absolute Gasteiger partial charge is 0.480 e. The molecule has 0 aliphatic carbocycles. The summed E-state index contributed by atoms with van der Waals surface area (Å²) < 4.78 is 8.19. The molecule has 0 aliphatic rings. The van der Waals surface area contributed by atoms with Gasteiger partial charge in [-0.2, -0.15) is 8.75 Å². The molecule has 0 aliphatic heterocycles. The predicted octanol–water partition coefficient (Wildman–Crippen LogP) is 0.646. The first-order valence-electron chi connectivity index (χ1n) is 4.37. The van der Waals surface area contributed by atoms with Crippen LogP contribution in [0.5, 0.6) is 0 Å². The Kier molecular flexibility index (Phi) is 2.61. The number of fused-ring (bicyclic) bond motifs is 1. The first kappa shape index (κ1) is 10.0. The Morgan fingerprint density at radius 1 is 1.53 bits per heavy atom. The van der Waals surface area contributed by atoms with Crippen LogP contribution in [-0.2, 0) is 11.2 Å². The van der Waals surface area contributed by atoms with Crippen LogP contribution in [0, 0.1) is 0 Å². The Morgan fingerprint density at radius 2 is 2.33 bits per heavy atom. The van der Waals surface area contributed by atoms with Crippen LogP contribution in [0.3, 0.4) is 0 Å². The van der Waals surface area contributed by atoms with E-state index in [1.54, 1.807) is 0 Å². The van der Waals surface area contributed by atoms with Crippen molar-refractivity contribution in [2.45, 2.75) is 12.5 Å². The SMILES string of the molecule is N[C@H](Cc1cccc2nsnc12)C(=O)O. The van der Waals surface area contributed by atoms with E-state index in [0.29, 0.717) is 0 Å². The maximum absolute atomic E-state index is 10.6. The van der Waals surface area contributed by atoms with E-state index in [9.17, 15) is 4.79 Å². The lowest BCUT2D eigenvalue weighted by Gasteiger charge is -2.05. The fraction of sp³-hybridized carbons (Fsp3) is 0.222. The number of rotatable bonds is 3. The third-order valence-electron chi connectivity index (χ3n) is 2.13. The van der Waals surface area contributed by atoms with Crippen molar-refractivity contribution in [3.8, 4) is 0 Å². The summed E-state index contributed by atoms with van der Waals surface area (Å²) in [6.07, 6.45) is 0.276. The highest BCUT2D eigenvalue weighted by Crippen LogP contribution is 2.17. The molecule has 1 heterocycles. The Balaban J connectivity index is 2.35. The molecule has 1 atom stereocenters. The van der Waals surface area contributed by atoms with E-state index in [0.717, 1.165) is 28.3 Å². The van der Waals surface area contributed by atoms with Crippen molar-refractivity contribution in [1.82, 2.24) is 8.75 Å². The summed E-state index contributed by atoms with van der Waals surface area (Å²) in [5.41, 5.74) is 7.83. The van der Waals surface area contributed by atoms with E-state index in [1.807, 2.05) is 18.2 Å². The second-order valence-electron chi connectivity index (χ2n) is 3.20. The number of aromatic nitrogens is 2. The lowest BCUT2D eigenvalue weighted by atomic mass is 10.1. The summed E-state index contributed by atoms with van der Waals surface area (Å²) in [7, 11) is 0. The molecule has 0 spiro atoms. The normalized spacial score (nSPS) is 12.9. The van der Waals surface area contributed by atoms with E-state index in [-0.39, 0.29) is 6.42 Å². The molecular formula is C9H9N3O2S. The fourth-order valence-electron chi connectivity index (χ4n) is 1.35. The standard InChI is InChI=1S/C9H9N3O2S/c10-6(9(13)14)4-5-2-1-3-7-8(5)12-15-11-7/h1-3,6H,4,10H2,(H,13,14)/t6-/m1/s1. The molecule has 1 aromatic carbocycles. The van der Waals surface area contributed by atoms with Gasteiger partial charge in [-0.25, -0.2) is 0 Å². The molecule has 6 heteroatoms. The van der Waals surface area contributed by atoms with Gasteiger partial charge < -0.3 is 10.8 Å². The van der Waals surface area contributed by atoms with Crippen LogP contribution in [-0.4, -0.2) is 25.9 Å². The molecule has 2 aromatic rings. The molecule has 78 valence electrons. The summed E-state index contributed by atoms with van der Waals surface area (Å²) in [4.78, 5) is 10.6. The molecule has 0 unspecified atom stereocenters. The van der Waals surface area contributed by atoms with Gasteiger partial charge in [-0.3, -0.25) is 4.79 Å². The first-order valence-corrected chi connectivity index (χ1v) is 5.10. The van der Waals surface area contributed by atoms with Gasteiger partial charge in [0.05, 0.1) is 11.7 Å². The number of hydrogen-bond acceptors (Lipinski definition) is 5. The molecule has 2 rings (SSSR count). The molecule has 1 aromatic heterocycles. The molecule has 0 bridgehead atoms. The average Bonchev–Trinajstić information content (AvgIpc) is 2.66. The van der Waals surface area contributed by atoms with Crippen molar-refractivity contribution in [3.05, 3.63) is 23.8 Å². The van der Waals surface area contributed by atoms with Crippen LogP contribution in [0.2, 0.25) is 0 Å². The zero-order chi connectivity index (χ0) is 10.8. The van der Waals surface area contributed by atoms with E-state index >= 15 is 0 Å². The van der Waals surface area contributed by atoms with Gasteiger partial charge in [-0.15, -0.1) is 0 Å². The average molecular weight is 223 g/mol. The van der Waals surface area contributed by atoms with Crippen LogP contribution in [0.1, 0.15) is 5.56 Å². The monoisotopic (exact) mass is 223 g/mol. The number of benzene rings is 1. The summed E-state index contributed by atoms with van der Waals surface area (Å²) in [6, 6.07) is 4.60. The Bertz CT molecular complexity index is 497. The zero-order valence-electron chi connectivity index (χ0n) is 7.75. The van der Waals surface area contributed by atoms with Crippen LogP contribution in [0.25, 0.3) is 11.0 Å². The van der Waals surface area contributed by atoms with Crippen molar-refractivity contribution in [3.63, 3.8) is 0 Å². The van der Waals surface area contributed by atoms with Gasteiger partial charge in [-0.05, 0) is 11.6 Å². The van der Waals surface area contributed by atoms with Gasteiger partial charge in [0.1, 0.15) is 17.1 Å². The highest BCUT2D eigenvalue weighted by Gasteiger charge is 2.14. The Hall–Kier alpha value is -1.53. The van der Waals surface area contributed by atoms with Crippen LogP contribution >= 0.6 is 11.7 Å². The highest BCUT2D eigenvalue weighted by molar-refractivity contribution is 7.00. The van der Waals surface area contributed by atoms with Gasteiger partial charge in [0, 0.05) is 6.42 Å². The molecule has 0 fully saturated rings. The summed E-state index contributed by atoms with van der Waals surface area (Å²) >= 11 is 1.11. The minimum atomic E-state index is -1.00. The minimum absolute atomic E-state index is 0.276. The number of nitrogens with two attached hydrogens (primary N) is 1. The first-order chi connectivity index (χ1) is 7.18. The molecule has 0 saturated heterocycles. The third kappa shape index (κ3) is 1.95. The van der Waals surface area contributed by atoms with E-state index in [1.165, 1.54) is 0 Å². The minimum Gasteiger partial charge on any atom is -0.480 e. The zero-order valence-corrected chi connectivity index (χ0v) is 8.57. The second-order valence-corrected chi connectivity index (χ2v) is 3.73. The van der Waals surface area contributed by atoms with Crippen molar-refractivity contribution in [2.24, 2.45) is 5.73 Å². The van der Waals surface area contributed by atoms with Crippen molar-refractivity contribution < 1.29 is 9.90 Å². The summed E-state index contributed by atoms with van der Waals surface area (Å²) in [6.45, 7) is 0. The van der Waals surface area contributed by atoms with Gasteiger partial charge in [0.25, 0.3) is 0 Å². The molecule has 3 N–H and O–H groups in total. The quantitative estimate of drug-likeness (QED) is 0.797. The second kappa shape index (κ2) is 3.92. The molecule has 5 nitrogen and oxygen atoms in total. The summed E-state index contributed by atoms with van der Waals surface area (Å²) in [5.74, 6) is -1.00. The molecule has 15 heavy (non-hydrogen) atoms. The molecular weight excluding hydrogens is 214 g/mol. The van der Waals surface area contributed by atoms with Crippen LogP contribution < -0.4 is 5.73 Å². The fourth-order valence-corrected chi connectivity index (χ4v) is 1.92. The number of carbonyl (C=O) groups is 1. The van der Waals surface area contributed by atoms with E-state index < -0.39 is 12.0 Å². The van der Waals surface area contributed by atoms with Crippen LogP contribution in [0.15, 0.2) is 18.2 Å². The molecule has 0 amide bonds. The highest BCUT2D eigenvalue weighted by atomic mass is 32.1. The number of aliphatic carboxylic acids is 1. The van der Waals surface area contributed by atoms with Gasteiger partial charge >= 0.3 is 5.97 Å².